The van der Waals surface area contributed by atoms with Crippen molar-refractivity contribution < 1.29 is 14.7 Å². The molecule has 6 heteroatoms. The molecule has 5 nitrogen and oxygen atoms in total. The molecule has 0 saturated heterocycles. The average Bonchev–Trinajstić information content (AvgIpc) is 3.05. The van der Waals surface area contributed by atoms with Crippen molar-refractivity contribution in [1.29, 1.82) is 5.26 Å². The molecular weight excluding hydrogens is 396 g/mol. The standard InChI is InChI=1S/C24H32N2O3S/c1-6-24(4,5)15-7-8-16-19(12-25)22(30-20(16)11-15)26-21(27)17-9-13(2)14(3)10-18(17)23(28)29/h15,17-18H,6-11H2,1-5H3,(H,26,27)(H,28,29)/t15-,17-,18+/m1/s1. The summed E-state index contributed by atoms with van der Waals surface area (Å²) < 4.78 is 0. The van der Waals surface area contributed by atoms with Crippen molar-refractivity contribution >= 4 is 28.2 Å². The second kappa shape index (κ2) is 8.55. The summed E-state index contributed by atoms with van der Waals surface area (Å²) in [5.74, 6) is -1.98. The minimum atomic E-state index is -0.933. The lowest BCUT2D eigenvalue weighted by atomic mass is 9.69. The van der Waals surface area contributed by atoms with Crippen LogP contribution < -0.4 is 5.32 Å². The van der Waals surface area contributed by atoms with Crippen LogP contribution in [0.5, 0.6) is 0 Å². The van der Waals surface area contributed by atoms with Gasteiger partial charge in [0.05, 0.1) is 17.4 Å². The van der Waals surface area contributed by atoms with Gasteiger partial charge in [-0.05, 0) is 62.8 Å². The first kappa shape index (κ1) is 22.6. The number of hydrogen-bond acceptors (Lipinski definition) is 4. The highest BCUT2D eigenvalue weighted by Gasteiger charge is 2.38. The Morgan fingerprint density at radius 2 is 1.83 bits per heavy atom. The van der Waals surface area contributed by atoms with Crippen LogP contribution in [0.2, 0.25) is 0 Å². The van der Waals surface area contributed by atoms with Crippen LogP contribution in [-0.4, -0.2) is 17.0 Å². The molecule has 0 aromatic carbocycles. The number of nitrogens with one attached hydrogen (secondary N) is 1. The lowest BCUT2D eigenvalue weighted by Gasteiger charge is -2.36. The van der Waals surface area contributed by atoms with Gasteiger partial charge in [-0.3, -0.25) is 9.59 Å². The van der Waals surface area contributed by atoms with Crippen molar-refractivity contribution in [1.82, 2.24) is 0 Å². The summed E-state index contributed by atoms with van der Waals surface area (Å²) in [5, 5.41) is 23.0. The van der Waals surface area contributed by atoms with Gasteiger partial charge in [-0.25, -0.2) is 0 Å². The van der Waals surface area contributed by atoms with E-state index in [1.165, 1.54) is 16.2 Å². The maximum atomic E-state index is 13.1. The van der Waals surface area contributed by atoms with Gasteiger partial charge in [0.15, 0.2) is 0 Å². The van der Waals surface area contributed by atoms with Gasteiger partial charge in [0.1, 0.15) is 11.1 Å². The number of thiophene rings is 1. The minimum Gasteiger partial charge on any atom is -0.481 e. The van der Waals surface area contributed by atoms with Gasteiger partial charge in [0.25, 0.3) is 0 Å². The summed E-state index contributed by atoms with van der Waals surface area (Å²) in [6.07, 6.45) is 4.82. The molecule has 30 heavy (non-hydrogen) atoms. The van der Waals surface area contributed by atoms with Gasteiger partial charge in [-0.15, -0.1) is 11.3 Å². The van der Waals surface area contributed by atoms with E-state index in [0.717, 1.165) is 42.4 Å². The Morgan fingerprint density at radius 1 is 1.20 bits per heavy atom. The van der Waals surface area contributed by atoms with Crippen molar-refractivity contribution in [3.8, 4) is 6.07 Å². The SMILES string of the molecule is CCC(C)(C)[C@@H]1CCc2c(sc(NC(=O)[C@@H]3CC(C)=C(C)C[C@@H]3C(=O)O)c2C#N)C1. The van der Waals surface area contributed by atoms with Crippen LogP contribution in [0.4, 0.5) is 5.00 Å². The molecule has 0 spiro atoms. The van der Waals surface area contributed by atoms with E-state index in [0.29, 0.717) is 29.3 Å². The van der Waals surface area contributed by atoms with E-state index in [2.05, 4.69) is 32.2 Å². The Labute approximate surface area is 183 Å². The van der Waals surface area contributed by atoms with E-state index in [9.17, 15) is 20.0 Å². The number of nitrogens with zero attached hydrogens (tertiary/aromatic N) is 1. The molecular formula is C24H32N2O3S. The van der Waals surface area contributed by atoms with Crippen LogP contribution in [0.25, 0.3) is 0 Å². The Bertz CT molecular complexity index is 935. The zero-order chi connectivity index (χ0) is 22.2. The van der Waals surface area contributed by atoms with Crippen molar-refractivity contribution in [2.75, 3.05) is 5.32 Å². The fourth-order valence-corrected chi connectivity index (χ4v) is 6.06. The largest absolute Gasteiger partial charge is 0.481 e. The second-order valence-corrected chi connectivity index (χ2v) is 10.7. The first-order chi connectivity index (χ1) is 14.1. The van der Waals surface area contributed by atoms with Gasteiger partial charge in [0, 0.05) is 4.88 Å². The highest BCUT2D eigenvalue weighted by Crippen LogP contribution is 2.45. The smallest absolute Gasteiger partial charge is 0.307 e. The lowest BCUT2D eigenvalue weighted by Crippen LogP contribution is -2.36. The molecule has 1 aromatic heterocycles. The number of amides is 1. The highest BCUT2D eigenvalue weighted by atomic mass is 32.1. The van der Waals surface area contributed by atoms with Crippen LogP contribution in [0, 0.1) is 34.5 Å². The zero-order valence-electron chi connectivity index (χ0n) is 18.6. The van der Waals surface area contributed by atoms with Gasteiger partial charge >= 0.3 is 5.97 Å². The monoisotopic (exact) mass is 428 g/mol. The molecule has 3 atom stereocenters. The Kier molecular flexibility index (Phi) is 6.43. The number of anilines is 1. The number of nitriles is 1. The van der Waals surface area contributed by atoms with Crippen LogP contribution in [0.15, 0.2) is 11.1 Å². The molecule has 2 aliphatic carbocycles. The third-order valence-corrected chi connectivity index (χ3v) is 8.72. The molecule has 0 aliphatic heterocycles. The van der Waals surface area contributed by atoms with E-state index >= 15 is 0 Å². The molecule has 1 heterocycles. The van der Waals surface area contributed by atoms with E-state index in [-0.39, 0.29) is 11.3 Å². The van der Waals surface area contributed by atoms with E-state index < -0.39 is 17.8 Å². The minimum absolute atomic E-state index is 0.246. The fourth-order valence-electron chi connectivity index (χ4n) is 4.78. The van der Waals surface area contributed by atoms with Gasteiger partial charge in [-0.2, -0.15) is 5.26 Å². The normalized spacial score (nSPS) is 24.2. The predicted octanol–water partition coefficient (Wildman–Crippen LogP) is 5.55. The molecule has 3 rings (SSSR count). The summed E-state index contributed by atoms with van der Waals surface area (Å²) in [7, 11) is 0. The third kappa shape index (κ3) is 4.18. The molecule has 2 aliphatic rings. The average molecular weight is 429 g/mol. The Morgan fingerprint density at radius 3 is 2.40 bits per heavy atom. The number of hydrogen-bond donors (Lipinski definition) is 2. The highest BCUT2D eigenvalue weighted by molar-refractivity contribution is 7.16. The Hall–Kier alpha value is -2.13. The number of carbonyl (C=O) groups is 2. The fraction of sp³-hybridized carbons (Fsp3) is 0.625. The number of carboxylic acids is 1. The molecule has 1 amide bonds. The molecule has 0 fully saturated rings. The lowest BCUT2D eigenvalue weighted by molar-refractivity contribution is -0.146. The molecule has 1 aromatic rings. The first-order valence-electron chi connectivity index (χ1n) is 10.8. The van der Waals surface area contributed by atoms with Gasteiger partial charge in [0.2, 0.25) is 5.91 Å². The summed E-state index contributed by atoms with van der Waals surface area (Å²) in [4.78, 5) is 26.0. The van der Waals surface area contributed by atoms with E-state index in [1.807, 2.05) is 13.8 Å². The van der Waals surface area contributed by atoms with E-state index in [1.54, 1.807) is 0 Å². The second-order valence-electron chi connectivity index (χ2n) is 9.61. The molecule has 162 valence electrons. The van der Waals surface area contributed by atoms with Gasteiger partial charge < -0.3 is 10.4 Å². The maximum absolute atomic E-state index is 13.1. The molecule has 0 saturated carbocycles. The van der Waals surface area contributed by atoms with Crippen molar-refractivity contribution in [2.24, 2.45) is 23.2 Å². The van der Waals surface area contributed by atoms with Crippen LogP contribution in [0.1, 0.15) is 76.3 Å². The topological polar surface area (TPSA) is 90.2 Å². The third-order valence-electron chi connectivity index (χ3n) is 7.55. The van der Waals surface area contributed by atoms with E-state index in [4.69, 9.17) is 0 Å². The van der Waals surface area contributed by atoms with Crippen LogP contribution in [0.3, 0.4) is 0 Å². The number of carboxylic acid groups (broad SMARTS) is 1. The Balaban J connectivity index is 1.85. The number of fused-ring (bicyclic) bond motifs is 1. The van der Waals surface area contributed by atoms with Crippen molar-refractivity contribution in [3.05, 3.63) is 27.2 Å². The number of aliphatic carboxylic acids is 1. The summed E-state index contributed by atoms with van der Waals surface area (Å²) >= 11 is 1.51. The van der Waals surface area contributed by atoms with Crippen molar-refractivity contribution in [3.63, 3.8) is 0 Å². The summed E-state index contributed by atoms with van der Waals surface area (Å²) in [6, 6.07) is 2.30. The molecule has 2 N–H and O–H groups in total. The van der Waals surface area contributed by atoms with Crippen LogP contribution in [-0.2, 0) is 22.4 Å². The maximum Gasteiger partial charge on any atom is 0.307 e. The summed E-state index contributed by atoms with van der Waals surface area (Å²) in [6.45, 7) is 10.7. The number of carbonyl (C=O) groups excluding carboxylic acids is 1. The quantitative estimate of drug-likeness (QED) is 0.602. The number of rotatable bonds is 5. The predicted molar refractivity (Wildman–Crippen MR) is 119 cm³/mol. The van der Waals surface area contributed by atoms with Crippen LogP contribution >= 0.6 is 11.3 Å². The molecule has 0 unspecified atom stereocenters. The zero-order valence-corrected chi connectivity index (χ0v) is 19.4. The first-order valence-corrected chi connectivity index (χ1v) is 11.6. The number of allylic oxidation sites excluding steroid dienone is 2. The summed E-state index contributed by atoms with van der Waals surface area (Å²) in [5.41, 5.74) is 4.04. The molecule has 0 bridgehead atoms. The van der Waals surface area contributed by atoms with Crippen molar-refractivity contribution in [2.45, 2.75) is 73.1 Å². The molecule has 0 radical (unpaired) electrons. The van der Waals surface area contributed by atoms with Gasteiger partial charge in [-0.1, -0.05) is 38.3 Å².